The van der Waals surface area contributed by atoms with Gasteiger partial charge >= 0.3 is 5.97 Å². The van der Waals surface area contributed by atoms with E-state index in [1.54, 1.807) is 11.3 Å². The van der Waals surface area contributed by atoms with Gasteiger partial charge in [-0.1, -0.05) is 6.07 Å². The molecule has 1 amide bonds. The summed E-state index contributed by atoms with van der Waals surface area (Å²) in [6.07, 6.45) is 1.33. The average molecular weight is 276 g/mol. The number of carbonyl (C=O) groups is 2. The van der Waals surface area contributed by atoms with Crippen molar-refractivity contribution in [3.8, 4) is 0 Å². The molecular formula is C13H12N2O3S. The maximum Gasteiger partial charge on any atom is 0.339 e. The quantitative estimate of drug-likeness (QED) is 0.865. The van der Waals surface area contributed by atoms with E-state index in [0.717, 1.165) is 4.88 Å². The Hall–Kier alpha value is -2.21. The molecule has 0 fully saturated rings. The van der Waals surface area contributed by atoms with Gasteiger partial charge in [0, 0.05) is 11.1 Å². The van der Waals surface area contributed by atoms with Gasteiger partial charge in [-0.25, -0.2) is 4.79 Å². The summed E-state index contributed by atoms with van der Waals surface area (Å²) in [5.74, 6) is -0.747. The number of hydrogen-bond acceptors (Lipinski definition) is 5. The van der Waals surface area contributed by atoms with E-state index in [-0.39, 0.29) is 11.6 Å². The monoisotopic (exact) mass is 276 g/mol. The predicted octanol–water partition coefficient (Wildman–Crippen LogP) is 1.86. The summed E-state index contributed by atoms with van der Waals surface area (Å²) in [5.41, 5.74) is 0.585. The Morgan fingerprint density at radius 3 is 2.79 bits per heavy atom. The maximum atomic E-state index is 11.8. The number of nitrogens with one attached hydrogen (secondary N) is 1. The third-order valence-electron chi connectivity index (χ3n) is 2.42. The largest absolute Gasteiger partial charge is 0.465 e. The number of esters is 1. The van der Waals surface area contributed by atoms with Crippen LogP contribution in [0.2, 0.25) is 0 Å². The van der Waals surface area contributed by atoms with Crippen LogP contribution >= 0.6 is 11.3 Å². The Balaban J connectivity index is 1.97. The summed E-state index contributed by atoms with van der Waals surface area (Å²) >= 11 is 1.57. The van der Waals surface area contributed by atoms with Gasteiger partial charge in [0.25, 0.3) is 5.91 Å². The van der Waals surface area contributed by atoms with Crippen LogP contribution in [-0.4, -0.2) is 24.0 Å². The Morgan fingerprint density at radius 2 is 2.21 bits per heavy atom. The predicted molar refractivity (Wildman–Crippen MR) is 71.1 cm³/mol. The first kappa shape index (κ1) is 13.2. The Kier molecular flexibility index (Phi) is 4.25. The van der Waals surface area contributed by atoms with Gasteiger partial charge in [0.15, 0.2) is 0 Å². The zero-order valence-electron chi connectivity index (χ0n) is 10.3. The van der Waals surface area contributed by atoms with Crippen LogP contribution in [0, 0.1) is 0 Å². The fourth-order valence-electron chi connectivity index (χ4n) is 1.44. The van der Waals surface area contributed by atoms with Crippen molar-refractivity contribution in [2.45, 2.75) is 6.54 Å². The van der Waals surface area contributed by atoms with E-state index in [1.807, 2.05) is 17.5 Å². The van der Waals surface area contributed by atoms with E-state index in [1.165, 1.54) is 25.4 Å². The normalized spacial score (nSPS) is 9.95. The molecule has 98 valence electrons. The first-order chi connectivity index (χ1) is 9.20. The minimum absolute atomic E-state index is 0.268. The molecule has 0 atom stereocenters. The van der Waals surface area contributed by atoms with Crippen LogP contribution in [0.25, 0.3) is 0 Å². The van der Waals surface area contributed by atoms with Crippen LogP contribution in [0.3, 0.4) is 0 Å². The van der Waals surface area contributed by atoms with Crippen molar-refractivity contribution in [2.75, 3.05) is 7.11 Å². The molecule has 0 radical (unpaired) electrons. The zero-order chi connectivity index (χ0) is 13.7. The molecule has 0 aliphatic carbocycles. The van der Waals surface area contributed by atoms with Crippen LogP contribution in [0.1, 0.15) is 25.7 Å². The first-order valence-electron chi connectivity index (χ1n) is 5.55. The minimum Gasteiger partial charge on any atom is -0.465 e. The van der Waals surface area contributed by atoms with Crippen molar-refractivity contribution in [3.63, 3.8) is 0 Å². The lowest BCUT2D eigenvalue weighted by Crippen LogP contribution is -2.23. The molecule has 0 saturated heterocycles. The maximum absolute atomic E-state index is 11.8. The van der Waals surface area contributed by atoms with E-state index in [0.29, 0.717) is 12.1 Å². The number of nitrogens with zero attached hydrogens (tertiary/aromatic N) is 1. The first-order valence-corrected chi connectivity index (χ1v) is 6.43. The average Bonchev–Trinajstić information content (AvgIpc) is 2.97. The lowest BCUT2D eigenvalue weighted by Gasteiger charge is -2.03. The number of amides is 1. The van der Waals surface area contributed by atoms with E-state index in [4.69, 9.17) is 0 Å². The fraction of sp³-hybridized carbons (Fsp3) is 0.154. The van der Waals surface area contributed by atoms with Gasteiger partial charge in [-0.2, -0.15) is 0 Å². The molecule has 2 aromatic rings. The minimum atomic E-state index is -0.474. The Labute approximate surface area is 114 Å². The molecule has 0 spiro atoms. The number of aromatic nitrogens is 1. The number of ether oxygens (including phenoxy) is 1. The lowest BCUT2D eigenvalue weighted by molar-refractivity contribution is 0.0599. The lowest BCUT2D eigenvalue weighted by atomic mass is 10.2. The van der Waals surface area contributed by atoms with E-state index < -0.39 is 5.97 Å². The van der Waals surface area contributed by atoms with Gasteiger partial charge < -0.3 is 10.1 Å². The van der Waals surface area contributed by atoms with Crippen LogP contribution in [0.5, 0.6) is 0 Å². The van der Waals surface area contributed by atoms with Crippen molar-refractivity contribution in [2.24, 2.45) is 0 Å². The van der Waals surface area contributed by atoms with Crippen LogP contribution in [0.4, 0.5) is 0 Å². The highest BCUT2D eigenvalue weighted by Gasteiger charge is 2.10. The molecule has 1 N–H and O–H groups in total. The third kappa shape index (κ3) is 3.38. The number of carbonyl (C=O) groups excluding carboxylic acids is 2. The van der Waals surface area contributed by atoms with Gasteiger partial charge in [-0.05, 0) is 23.6 Å². The number of pyridine rings is 1. The number of hydrogen-bond donors (Lipinski definition) is 1. The molecular weight excluding hydrogens is 264 g/mol. The summed E-state index contributed by atoms with van der Waals surface area (Å²) in [6.45, 7) is 0.469. The van der Waals surface area contributed by atoms with Gasteiger partial charge in [0.2, 0.25) is 0 Å². The Morgan fingerprint density at radius 1 is 1.37 bits per heavy atom. The molecule has 0 aromatic carbocycles. The molecule has 5 nitrogen and oxygen atoms in total. The van der Waals surface area contributed by atoms with E-state index in [2.05, 4.69) is 15.0 Å². The second kappa shape index (κ2) is 6.10. The molecule has 0 bridgehead atoms. The third-order valence-corrected chi connectivity index (χ3v) is 3.30. The SMILES string of the molecule is COC(=O)c1ccc(C(=O)NCc2cccs2)nc1. The summed E-state index contributed by atoms with van der Waals surface area (Å²) < 4.78 is 4.55. The molecule has 19 heavy (non-hydrogen) atoms. The van der Waals surface area contributed by atoms with E-state index >= 15 is 0 Å². The molecule has 6 heteroatoms. The topological polar surface area (TPSA) is 68.3 Å². The van der Waals surface area contributed by atoms with Crippen molar-refractivity contribution < 1.29 is 14.3 Å². The van der Waals surface area contributed by atoms with Gasteiger partial charge in [0.05, 0.1) is 19.2 Å². The highest BCUT2D eigenvalue weighted by molar-refractivity contribution is 7.09. The van der Waals surface area contributed by atoms with Gasteiger partial charge in [0.1, 0.15) is 5.69 Å². The van der Waals surface area contributed by atoms with E-state index in [9.17, 15) is 9.59 Å². The second-order valence-electron chi connectivity index (χ2n) is 3.69. The van der Waals surface area contributed by atoms with Gasteiger partial charge in [-0.3, -0.25) is 9.78 Å². The molecule has 0 aliphatic heterocycles. The second-order valence-corrected chi connectivity index (χ2v) is 4.72. The van der Waals surface area contributed by atoms with Crippen LogP contribution in [0.15, 0.2) is 35.8 Å². The Bertz CT molecular complexity index is 564. The molecule has 0 aliphatic rings. The van der Waals surface area contributed by atoms with Crippen molar-refractivity contribution in [3.05, 3.63) is 52.0 Å². The highest BCUT2D eigenvalue weighted by Crippen LogP contribution is 2.08. The van der Waals surface area contributed by atoms with Crippen molar-refractivity contribution in [1.29, 1.82) is 0 Å². The smallest absolute Gasteiger partial charge is 0.339 e. The number of rotatable bonds is 4. The van der Waals surface area contributed by atoms with Gasteiger partial charge in [-0.15, -0.1) is 11.3 Å². The summed E-state index contributed by atoms with van der Waals surface area (Å²) in [7, 11) is 1.30. The summed E-state index contributed by atoms with van der Waals surface area (Å²) in [4.78, 5) is 28.0. The zero-order valence-corrected chi connectivity index (χ0v) is 11.1. The number of methoxy groups -OCH3 is 1. The summed E-state index contributed by atoms with van der Waals surface area (Å²) in [5, 5.41) is 4.71. The van der Waals surface area contributed by atoms with Crippen LogP contribution < -0.4 is 5.32 Å². The molecule has 2 rings (SSSR count). The molecule has 2 heterocycles. The fourth-order valence-corrected chi connectivity index (χ4v) is 2.08. The van der Waals surface area contributed by atoms with Crippen molar-refractivity contribution >= 4 is 23.2 Å². The molecule has 2 aromatic heterocycles. The van der Waals surface area contributed by atoms with Crippen molar-refractivity contribution in [1.82, 2.24) is 10.3 Å². The standard InChI is InChI=1S/C13H12N2O3S/c1-18-13(17)9-4-5-11(14-7-9)12(16)15-8-10-3-2-6-19-10/h2-7H,8H2,1H3,(H,15,16). The molecule has 0 saturated carbocycles. The molecule has 0 unspecified atom stereocenters. The highest BCUT2D eigenvalue weighted by atomic mass is 32.1. The summed E-state index contributed by atoms with van der Waals surface area (Å²) in [6, 6.07) is 6.88. The number of thiophene rings is 1. The van der Waals surface area contributed by atoms with Crippen LogP contribution in [-0.2, 0) is 11.3 Å².